The topological polar surface area (TPSA) is 90.5 Å². The van der Waals surface area contributed by atoms with Crippen molar-refractivity contribution in [1.82, 2.24) is 14.1 Å². The molecule has 2 aliphatic rings. The summed E-state index contributed by atoms with van der Waals surface area (Å²) in [4.78, 5) is 1.46. The van der Waals surface area contributed by atoms with Crippen LogP contribution < -0.4 is 5.73 Å². The van der Waals surface area contributed by atoms with Crippen molar-refractivity contribution in [3.05, 3.63) is 52.9 Å². The van der Waals surface area contributed by atoms with Gasteiger partial charge in [0.1, 0.15) is 17.7 Å². The number of benzene rings is 1. The van der Waals surface area contributed by atoms with Crippen molar-refractivity contribution in [3.63, 3.8) is 0 Å². The molecule has 2 aromatic rings. The Morgan fingerprint density at radius 2 is 1.94 bits per heavy atom. The number of rotatable bonds is 3. The third-order valence-electron chi connectivity index (χ3n) is 5.52. The third-order valence-corrected chi connectivity index (χ3v) is 6.39. The van der Waals surface area contributed by atoms with Gasteiger partial charge in [-0.05, 0) is 24.6 Å². The van der Waals surface area contributed by atoms with E-state index in [1.54, 1.807) is 0 Å². The van der Waals surface area contributed by atoms with Gasteiger partial charge in [-0.2, -0.15) is 22.4 Å². The molecule has 0 bridgehead atoms. The van der Waals surface area contributed by atoms with Gasteiger partial charge in [0.25, 0.3) is 10.0 Å². The van der Waals surface area contributed by atoms with Gasteiger partial charge in [-0.15, -0.1) is 0 Å². The van der Waals surface area contributed by atoms with Crippen molar-refractivity contribution in [3.8, 4) is 0 Å². The summed E-state index contributed by atoms with van der Waals surface area (Å²) in [6.45, 7) is 0.00134. The number of hydrogen-bond donors (Lipinski definition) is 1. The second-order valence-corrected chi connectivity index (χ2v) is 9.63. The maximum Gasteiger partial charge on any atom is 0.416 e. The van der Waals surface area contributed by atoms with E-state index in [4.69, 9.17) is 10.5 Å². The fourth-order valence-electron chi connectivity index (χ4n) is 4.10. The van der Waals surface area contributed by atoms with Gasteiger partial charge in [0.2, 0.25) is 0 Å². The lowest BCUT2D eigenvalue weighted by Crippen LogP contribution is -2.58. The van der Waals surface area contributed by atoms with Crippen molar-refractivity contribution < 1.29 is 35.1 Å². The van der Waals surface area contributed by atoms with E-state index in [1.165, 1.54) is 11.1 Å². The number of halogens is 5. The average molecular weight is 466 g/mol. The van der Waals surface area contributed by atoms with Gasteiger partial charge in [-0.3, -0.25) is 4.90 Å². The van der Waals surface area contributed by atoms with Crippen LogP contribution in [-0.4, -0.2) is 53.1 Å². The molecule has 1 fully saturated rings. The van der Waals surface area contributed by atoms with E-state index < -0.39 is 52.1 Å². The van der Waals surface area contributed by atoms with E-state index in [0.717, 1.165) is 28.5 Å². The van der Waals surface area contributed by atoms with Gasteiger partial charge >= 0.3 is 6.18 Å². The van der Waals surface area contributed by atoms with E-state index in [2.05, 4.69) is 5.10 Å². The summed E-state index contributed by atoms with van der Waals surface area (Å²) in [7, 11) is -3.62. The van der Waals surface area contributed by atoms with Gasteiger partial charge < -0.3 is 10.5 Å². The Morgan fingerprint density at radius 3 is 2.55 bits per heavy atom. The van der Waals surface area contributed by atoms with E-state index in [9.17, 15) is 30.4 Å². The molecule has 2 aliphatic heterocycles. The molecule has 13 heteroatoms. The molecule has 170 valence electrons. The predicted molar refractivity (Wildman–Crippen MR) is 98.1 cm³/mol. The number of nitrogens with zero attached hydrogens (tertiary/aromatic N) is 3. The molecule has 0 aliphatic carbocycles. The summed E-state index contributed by atoms with van der Waals surface area (Å²) >= 11 is 0. The molecule has 4 rings (SSSR count). The van der Waals surface area contributed by atoms with Gasteiger partial charge in [0.15, 0.2) is 6.10 Å². The Bertz CT molecular complexity index is 1080. The molecular formula is C18H19F5N4O3S. The summed E-state index contributed by atoms with van der Waals surface area (Å²) in [5.41, 5.74) is 6.51. The normalized spacial score (nSPS) is 27.5. The second-order valence-electron chi connectivity index (χ2n) is 7.79. The Hall–Kier alpha value is -2.09. The summed E-state index contributed by atoms with van der Waals surface area (Å²) in [6.07, 6.45) is -6.53. The highest BCUT2D eigenvalue weighted by atomic mass is 32.2. The van der Waals surface area contributed by atoms with Crippen molar-refractivity contribution >= 4 is 10.0 Å². The van der Waals surface area contributed by atoms with Crippen LogP contribution in [0.2, 0.25) is 0 Å². The second kappa shape index (κ2) is 7.50. The summed E-state index contributed by atoms with van der Waals surface area (Å²) in [6, 6.07) is 0.226. The van der Waals surface area contributed by atoms with Crippen molar-refractivity contribution in [2.45, 2.75) is 50.0 Å². The molecule has 3 heterocycles. The number of nitrogens with two attached hydrogens (primary N) is 1. The number of fused-ring (bicyclic) bond motifs is 1. The molecule has 1 aromatic heterocycles. The summed E-state index contributed by atoms with van der Waals surface area (Å²) < 4.78 is 98.6. The first-order chi connectivity index (χ1) is 14.3. The summed E-state index contributed by atoms with van der Waals surface area (Å²) in [5, 5.41) is 3.94. The molecular weight excluding hydrogens is 447 g/mol. The van der Waals surface area contributed by atoms with E-state index >= 15 is 0 Å². The number of hydrogen-bond acceptors (Lipinski definition) is 6. The monoisotopic (exact) mass is 466 g/mol. The molecule has 1 saturated heterocycles. The molecule has 0 radical (unpaired) electrons. The molecule has 31 heavy (non-hydrogen) atoms. The Balaban J connectivity index is 1.60. The van der Waals surface area contributed by atoms with Gasteiger partial charge in [-0.1, -0.05) is 0 Å². The SMILES string of the molecule is CS(=O)(=O)n1cc2c(n1)CN([C@@H]1C[C@H](N)[C@@H](c3cc(F)ccc3F)O[C@H]1C(F)(F)F)C2. The summed E-state index contributed by atoms with van der Waals surface area (Å²) in [5.74, 6) is -1.72. The first kappa shape index (κ1) is 22.1. The lowest BCUT2D eigenvalue weighted by molar-refractivity contribution is -0.269. The van der Waals surface area contributed by atoms with Crippen LogP contribution >= 0.6 is 0 Å². The molecule has 0 spiro atoms. The highest BCUT2D eigenvalue weighted by Crippen LogP contribution is 2.42. The highest BCUT2D eigenvalue weighted by Gasteiger charge is 2.54. The van der Waals surface area contributed by atoms with E-state index in [0.29, 0.717) is 11.3 Å². The van der Waals surface area contributed by atoms with Gasteiger partial charge in [-0.25, -0.2) is 17.2 Å². The number of ether oxygens (including phenoxy) is 1. The lowest BCUT2D eigenvalue weighted by atomic mass is 9.89. The lowest BCUT2D eigenvalue weighted by Gasteiger charge is -2.44. The zero-order valence-corrected chi connectivity index (χ0v) is 17.0. The first-order valence-corrected chi connectivity index (χ1v) is 11.1. The van der Waals surface area contributed by atoms with Crippen LogP contribution in [0.15, 0.2) is 24.4 Å². The maximum absolute atomic E-state index is 14.2. The Kier molecular flexibility index (Phi) is 5.35. The first-order valence-electron chi connectivity index (χ1n) is 9.29. The van der Waals surface area contributed by atoms with Crippen LogP contribution in [0, 0.1) is 11.6 Å². The zero-order chi connectivity index (χ0) is 22.7. The zero-order valence-electron chi connectivity index (χ0n) is 16.2. The van der Waals surface area contributed by atoms with E-state index in [1.807, 2.05) is 0 Å². The van der Waals surface area contributed by atoms with Crippen LogP contribution in [0.3, 0.4) is 0 Å². The van der Waals surface area contributed by atoms with Crippen LogP contribution in [0.1, 0.15) is 29.3 Å². The molecule has 7 nitrogen and oxygen atoms in total. The van der Waals surface area contributed by atoms with Gasteiger partial charge in [0, 0.05) is 42.5 Å². The third kappa shape index (κ3) is 4.19. The quantitative estimate of drug-likeness (QED) is 0.697. The number of aromatic nitrogens is 2. The fraction of sp³-hybridized carbons (Fsp3) is 0.500. The molecule has 1 aromatic carbocycles. The smallest absolute Gasteiger partial charge is 0.357 e. The standard InChI is InChI=1S/C18H19F5N4O3S/c1-31(28,29)27-7-9-6-26(8-14(9)25-27)15-5-13(24)16(30-17(15)18(21,22)23)11-4-10(19)2-3-12(11)20/h2-4,7,13,15-17H,5-6,8,24H2,1H3/t13-,15+,16+,17+/m0/s1. The maximum atomic E-state index is 14.2. The minimum absolute atomic E-state index is 0.0236. The molecule has 0 saturated carbocycles. The minimum Gasteiger partial charge on any atom is -0.357 e. The largest absolute Gasteiger partial charge is 0.416 e. The van der Waals surface area contributed by atoms with Gasteiger partial charge in [0.05, 0.1) is 11.9 Å². The average Bonchev–Trinajstić information content (AvgIpc) is 3.21. The Morgan fingerprint density at radius 1 is 1.23 bits per heavy atom. The number of alkyl halides is 3. The van der Waals surface area contributed by atoms with Crippen molar-refractivity contribution in [1.29, 1.82) is 0 Å². The highest BCUT2D eigenvalue weighted by molar-refractivity contribution is 7.89. The van der Waals surface area contributed by atoms with Crippen molar-refractivity contribution in [2.24, 2.45) is 5.73 Å². The predicted octanol–water partition coefficient (Wildman–Crippen LogP) is 2.07. The molecule has 0 unspecified atom stereocenters. The minimum atomic E-state index is -4.79. The molecule has 2 N–H and O–H groups in total. The Labute approximate surface area is 174 Å². The van der Waals surface area contributed by atoms with Crippen LogP contribution in [0.5, 0.6) is 0 Å². The van der Waals surface area contributed by atoms with E-state index in [-0.39, 0.29) is 25.1 Å². The fourth-order valence-corrected chi connectivity index (χ4v) is 4.67. The molecule has 4 atom stereocenters. The van der Waals surface area contributed by atoms with Crippen molar-refractivity contribution in [2.75, 3.05) is 6.26 Å². The van der Waals surface area contributed by atoms with Crippen LogP contribution in [0.4, 0.5) is 22.0 Å². The molecule has 0 amide bonds. The van der Waals surface area contributed by atoms with Crippen LogP contribution in [-0.2, 0) is 27.8 Å². The van der Waals surface area contributed by atoms with Crippen LogP contribution in [0.25, 0.3) is 0 Å².